The molecule has 2 aromatic carbocycles. The largest absolute Gasteiger partial charge is 0.492 e. The van der Waals surface area contributed by atoms with Crippen LogP contribution in [-0.4, -0.2) is 29.3 Å². The van der Waals surface area contributed by atoms with Crippen LogP contribution >= 0.6 is 0 Å². The Bertz CT molecular complexity index is 1030. The molecule has 0 unspecified atom stereocenters. The lowest BCUT2D eigenvalue weighted by Crippen LogP contribution is -2.15. The summed E-state index contributed by atoms with van der Waals surface area (Å²) in [5.41, 5.74) is 1.84. The van der Waals surface area contributed by atoms with E-state index in [4.69, 9.17) is 14.2 Å². The lowest BCUT2D eigenvalue weighted by atomic mass is 10.2. The van der Waals surface area contributed by atoms with Crippen LogP contribution in [0.4, 0.5) is 11.5 Å². The predicted molar refractivity (Wildman–Crippen MR) is 107 cm³/mol. The predicted octanol–water partition coefficient (Wildman–Crippen LogP) is 3.47. The van der Waals surface area contributed by atoms with Gasteiger partial charge in [0.1, 0.15) is 23.6 Å². The van der Waals surface area contributed by atoms with E-state index < -0.39 is 0 Å². The van der Waals surface area contributed by atoms with Gasteiger partial charge < -0.3 is 24.8 Å². The van der Waals surface area contributed by atoms with Crippen LogP contribution in [0.15, 0.2) is 54.9 Å². The molecule has 1 aliphatic rings. The van der Waals surface area contributed by atoms with Crippen LogP contribution in [0.2, 0.25) is 0 Å². The van der Waals surface area contributed by atoms with Crippen molar-refractivity contribution >= 4 is 17.4 Å². The maximum atomic E-state index is 12.6. The zero-order valence-corrected chi connectivity index (χ0v) is 15.8. The Morgan fingerprint density at radius 2 is 1.97 bits per heavy atom. The Morgan fingerprint density at radius 1 is 1.10 bits per heavy atom. The number of aromatic nitrogens is 2. The summed E-state index contributed by atoms with van der Waals surface area (Å²) in [4.78, 5) is 20.9. The normalized spacial score (nSPS) is 11.8. The molecule has 1 amide bonds. The fourth-order valence-electron chi connectivity index (χ4n) is 2.86. The third-order valence-corrected chi connectivity index (χ3v) is 4.25. The van der Waals surface area contributed by atoms with E-state index >= 15 is 0 Å². The highest BCUT2D eigenvalue weighted by molar-refractivity contribution is 6.04. The first-order valence-corrected chi connectivity index (χ1v) is 9.20. The van der Waals surface area contributed by atoms with Crippen LogP contribution < -0.4 is 24.8 Å². The Kier molecular flexibility index (Phi) is 5.42. The molecule has 148 valence electrons. The van der Waals surface area contributed by atoms with Gasteiger partial charge in [-0.3, -0.25) is 4.79 Å². The number of hydrogen-bond acceptors (Lipinski definition) is 7. The van der Waals surface area contributed by atoms with Gasteiger partial charge in [0.05, 0.1) is 12.3 Å². The number of rotatable bonds is 7. The van der Waals surface area contributed by atoms with E-state index in [2.05, 4.69) is 20.6 Å². The fourth-order valence-corrected chi connectivity index (χ4v) is 2.86. The van der Waals surface area contributed by atoms with Crippen molar-refractivity contribution in [2.45, 2.75) is 13.5 Å². The minimum Gasteiger partial charge on any atom is -0.492 e. The van der Waals surface area contributed by atoms with Gasteiger partial charge in [0.25, 0.3) is 5.91 Å². The molecule has 1 aliphatic heterocycles. The molecule has 2 heterocycles. The molecule has 4 rings (SSSR count). The molecular formula is C21H20N4O4. The quantitative estimate of drug-likeness (QED) is 0.636. The van der Waals surface area contributed by atoms with Crippen molar-refractivity contribution in [3.63, 3.8) is 0 Å². The standard InChI is InChI=1S/C21H20N4O4/c1-2-27-17-6-4-3-5-15(17)25-21(26)16-10-20(24-12-23-16)22-11-14-7-8-18-19(9-14)29-13-28-18/h3-10,12H,2,11,13H2,1H3,(H,25,26)(H,22,23,24). The lowest BCUT2D eigenvalue weighted by Gasteiger charge is -2.11. The zero-order chi connectivity index (χ0) is 20.1. The molecule has 8 nitrogen and oxygen atoms in total. The smallest absolute Gasteiger partial charge is 0.274 e. The Hall–Kier alpha value is -3.81. The number of carbonyl (C=O) groups excluding carboxylic acids is 1. The second-order valence-electron chi connectivity index (χ2n) is 6.21. The molecule has 3 aromatic rings. The average Bonchev–Trinajstić information content (AvgIpc) is 3.22. The Labute approximate surface area is 167 Å². The van der Waals surface area contributed by atoms with Crippen LogP contribution in [-0.2, 0) is 6.54 Å². The van der Waals surface area contributed by atoms with Gasteiger partial charge in [-0.1, -0.05) is 18.2 Å². The number of ether oxygens (including phenoxy) is 3. The van der Waals surface area contributed by atoms with Crippen LogP contribution in [0.3, 0.4) is 0 Å². The van der Waals surface area contributed by atoms with Crippen molar-refractivity contribution in [3.8, 4) is 17.2 Å². The number of amides is 1. The highest BCUT2D eigenvalue weighted by Gasteiger charge is 2.14. The van der Waals surface area contributed by atoms with Crippen LogP contribution in [0.1, 0.15) is 23.0 Å². The van der Waals surface area contributed by atoms with Gasteiger partial charge in [0, 0.05) is 12.6 Å². The molecule has 29 heavy (non-hydrogen) atoms. The van der Waals surface area contributed by atoms with Crippen LogP contribution in [0.25, 0.3) is 0 Å². The van der Waals surface area contributed by atoms with Crippen molar-refractivity contribution in [1.82, 2.24) is 9.97 Å². The van der Waals surface area contributed by atoms with E-state index in [1.165, 1.54) is 6.33 Å². The summed E-state index contributed by atoms with van der Waals surface area (Å²) < 4.78 is 16.2. The highest BCUT2D eigenvalue weighted by Crippen LogP contribution is 2.32. The van der Waals surface area contributed by atoms with E-state index in [1.807, 2.05) is 37.3 Å². The molecule has 1 aromatic heterocycles. The van der Waals surface area contributed by atoms with E-state index in [0.29, 0.717) is 30.4 Å². The second-order valence-corrected chi connectivity index (χ2v) is 6.21. The number of para-hydroxylation sites is 2. The van der Waals surface area contributed by atoms with Gasteiger partial charge >= 0.3 is 0 Å². The monoisotopic (exact) mass is 392 g/mol. The van der Waals surface area contributed by atoms with Crippen molar-refractivity contribution in [2.24, 2.45) is 0 Å². The molecule has 0 saturated carbocycles. The molecular weight excluding hydrogens is 372 g/mol. The molecule has 2 N–H and O–H groups in total. The maximum Gasteiger partial charge on any atom is 0.274 e. The fraction of sp³-hybridized carbons (Fsp3) is 0.190. The van der Waals surface area contributed by atoms with Gasteiger partial charge in [-0.15, -0.1) is 0 Å². The summed E-state index contributed by atoms with van der Waals surface area (Å²) in [6, 6.07) is 14.6. The molecule has 0 saturated heterocycles. The number of hydrogen-bond donors (Lipinski definition) is 2. The van der Waals surface area contributed by atoms with E-state index in [-0.39, 0.29) is 18.4 Å². The summed E-state index contributed by atoms with van der Waals surface area (Å²) in [6.07, 6.45) is 1.35. The summed E-state index contributed by atoms with van der Waals surface area (Å²) in [7, 11) is 0. The van der Waals surface area contributed by atoms with Gasteiger partial charge in [-0.2, -0.15) is 0 Å². The topological polar surface area (TPSA) is 94.6 Å². The Morgan fingerprint density at radius 3 is 2.86 bits per heavy atom. The average molecular weight is 392 g/mol. The third kappa shape index (κ3) is 4.37. The zero-order valence-electron chi connectivity index (χ0n) is 15.8. The number of carbonyl (C=O) groups is 1. The van der Waals surface area contributed by atoms with Crippen LogP contribution in [0, 0.1) is 0 Å². The Balaban J connectivity index is 1.42. The lowest BCUT2D eigenvalue weighted by molar-refractivity contribution is 0.102. The molecule has 0 atom stereocenters. The van der Waals surface area contributed by atoms with E-state index in [1.54, 1.807) is 18.2 Å². The first-order chi connectivity index (χ1) is 14.2. The molecule has 0 radical (unpaired) electrons. The van der Waals surface area contributed by atoms with Crippen molar-refractivity contribution in [2.75, 3.05) is 24.0 Å². The second kappa shape index (κ2) is 8.47. The van der Waals surface area contributed by atoms with E-state index in [0.717, 1.165) is 17.1 Å². The number of fused-ring (bicyclic) bond motifs is 1. The molecule has 0 bridgehead atoms. The number of nitrogens with zero attached hydrogens (tertiary/aromatic N) is 2. The maximum absolute atomic E-state index is 12.6. The molecule has 0 aliphatic carbocycles. The first-order valence-electron chi connectivity index (χ1n) is 9.20. The van der Waals surface area contributed by atoms with Gasteiger partial charge in [0.15, 0.2) is 11.5 Å². The van der Waals surface area contributed by atoms with E-state index in [9.17, 15) is 4.79 Å². The first kappa shape index (κ1) is 18.5. The number of benzene rings is 2. The minimum absolute atomic E-state index is 0.239. The van der Waals surface area contributed by atoms with Gasteiger partial charge in [0.2, 0.25) is 6.79 Å². The third-order valence-electron chi connectivity index (χ3n) is 4.25. The molecule has 8 heteroatoms. The van der Waals surface area contributed by atoms with Crippen molar-refractivity contribution < 1.29 is 19.0 Å². The molecule has 0 spiro atoms. The van der Waals surface area contributed by atoms with Crippen LogP contribution in [0.5, 0.6) is 17.2 Å². The summed E-state index contributed by atoms with van der Waals surface area (Å²) in [5, 5.41) is 6.02. The molecule has 0 fully saturated rings. The van der Waals surface area contributed by atoms with Gasteiger partial charge in [-0.25, -0.2) is 9.97 Å². The van der Waals surface area contributed by atoms with Crippen molar-refractivity contribution in [1.29, 1.82) is 0 Å². The highest BCUT2D eigenvalue weighted by atomic mass is 16.7. The summed E-state index contributed by atoms with van der Waals surface area (Å²) in [6.45, 7) is 3.15. The van der Waals surface area contributed by atoms with Crippen molar-refractivity contribution in [3.05, 3.63) is 66.1 Å². The SMILES string of the molecule is CCOc1ccccc1NC(=O)c1cc(NCc2ccc3c(c2)OCO3)ncn1. The van der Waals surface area contributed by atoms with Gasteiger partial charge in [-0.05, 0) is 36.8 Å². The summed E-state index contributed by atoms with van der Waals surface area (Å²) in [5.74, 6) is 2.27. The minimum atomic E-state index is -0.342. The summed E-state index contributed by atoms with van der Waals surface area (Å²) >= 11 is 0. The number of anilines is 2. The number of nitrogens with one attached hydrogen (secondary N) is 2.